The van der Waals surface area contributed by atoms with Crippen molar-refractivity contribution in [3.05, 3.63) is 42.4 Å². The minimum atomic E-state index is -5.53. The second kappa shape index (κ2) is 6.68. The van der Waals surface area contributed by atoms with Crippen LogP contribution in [0.5, 0.6) is 11.5 Å². The molecule has 0 aliphatic heterocycles. The first-order valence-electron chi connectivity index (χ1n) is 4.88. The van der Waals surface area contributed by atoms with Crippen LogP contribution in [0.15, 0.2) is 47.3 Å². The molecule has 22 heavy (non-hydrogen) atoms. The van der Waals surface area contributed by atoms with Crippen LogP contribution in [-0.2, 0) is 10.2 Å². The van der Waals surface area contributed by atoms with Crippen molar-refractivity contribution >= 4 is 10.2 Å². The Morgan fingerprint density at radius 1 is 0.864 bits per heavy atom. The fourth-order valence-corrected chi connectivity index (χ4v) is 1.68. The lowest BCUT2D eigenvalue weighted by Gasteiger charge is -2.09. The molecule has 122 valence electrons. The van der Waals surface area contributed by atoms with Gasteiger partial charge in [-0.15, -0.1) is 3.89 Å². The molecule has 1 aromatic rings. The zero-order chi connectivity index (χ0) is 17.1. The normalized spacial score (nSPS) is 10.9. The summed E-state index contributed by atoms with van der Waals surface area (Å²) < 4.78 is 115. The van der Waals surface area contributed by atoms with Crippen LogP contribution < -0.4 is 9.47 Å². The molecule has 0 N–H and O–H groups in total. The van der Waals surface area contributed by atoms with Crippen LogP contribution in [0.4, 0.5) is 30.2 Å². The van der Waals surface area contributed by atoms with Crippen molar-refractivity contribution in [2.24, 2.45) is 0 Å². The van der Waals surface area contributed by atoms with Crippen molar-refractivity contribution in [1.29, 1.82) is 0 Å². The summed E-state index contributed by atoms with van der Waals surface area (Å²) in [7, 11) is -5.53. The molecule has 0 heterocycles. The molecule has 0 radical (unpaired) electrons. The van der Waals surface area contributed by atoms with E-state index in [0.717, 1.165) is 0 Å². The standard InChI is InChI=1S/C10H3F7O4S/c11-7(12)9(15)20-4-1-2-6(22(17,18)19)5(3-4)21-10(16)8(13)14/h1-3H. The molecule has 0 unspecified atom stereocenters. The Morgan fingerprint density at radius 3 is 1.82 bits per heavy atom. The van der Waals surface area contributed by atoms with Gasteiger partial charge in [-0.25, -0.2) is 0 Å². The SMILES string of the molecule is O=S(=O)(F)c1ccc(OC(F)=C(F)F)cc1OC(F)=C(F)F. The molecule has 1 aromatic carbocycles. The van der Waals surface area contributed by atoms with Gasteiger partial charge in [0.2, 0.25) is 0 Å². The van der Waals surface area contributed by atoms with Crippen molar-refractivity contribution in [3.8, 4) is 11.5 Å². The van der Waals surface area contributed by atoms with E-state index in [2.05, 4.69) is 9.47 Å². The number of hydrogen-bond acceptors (Lipinski definition) is 4. The predicted molar refractivity (Wildman–Crippen MR) is 56.7 cm³/mol. The van der Waals surface area contributed by atoms with Gasteiger partial charge >= 0.3 is 34.4 Å². The third kappa shape index (κ3) is 4.65. The minimum absolute atomic E-state index is 0.220. The van der Waals surface area contributed by atoms with E-state index >= 15 is 0 Å². The molecule has 0 aliphatic carbocycles. The maximum absolute atomic E-state index is 12.9. The Balaban J connectivity index is 3.35. The lowest BCUT2D eigenvalue weighted by molar-refractivity contribution is 0.230. The Bertz CT molecular complexity index is 734. The molecule has 12 heteroatoms. The molecule has 0 saturated carbocycles. The molecule has 0 bridgehead atoms. The monoisotopic (exact) mass is 352 g/mol. The third-order valence-electron chi connectivity index (χ3n) is 1.88. The van der Waals surface area contributed by atoms with Gasteiger partial charge in [-0.2, -0.15) is 34.8 Å². The van der Waals surface area contributed by atoms with Crippen LogP contribution in [0.25, 0.3) is 0 Å². The van der Waals surface area contributed by atoms with E-state index in [9.17, 15) is 38.6 Å². The second-order valence-corrected chi connectivity index (χ2v) is 4.63. The van der Waals surface area contributed by atoms with Gasteiger partial charge in [-0.1, -0.05) is 0 Å². The molecule has 0 spiro atoms. The average molecular weight is 352 g/mol. The summed E-state index contributed by atoms with van der Waals surface area (Å²) >= 11 is 0. The van der Waals surface area contributed by atoms with Crippen LogP contribution >= 0.6 is 0 Å². The first-order valence-corrected chi connectivity index (χ1v) is 6.26. The predicted octanol–water partition coefficient (Wildman–Crippen LogP) is 4.17. The summed E-state index contributed by atoms with van der Waals surface area (Å²) in [6.45, 7) is 0. The molecular formula is C10H3F7O4S. The maximum Gasteiger partial charge on any atom is 0.344 e. The average Bonchev–Trinajstić information content (AvgIpc) is 2.37. The van der Waals surface area contributed by atoms with Crippen molar-refractivity contribution in [2.45, 2.75) is 4.90 Å². The number of ether oxygens (including phenoxy) is 2. The largest absolute Gasteiger partial charge is 0.428 e. The Morgan fingerprint density at radius 2 is 1.36 bits per heavy atom. The Kier molecular flexibility index (Phi) is 5.41. The van der Waals surface area contributed by atoms with E-state index < -0.39 is 50.8 Å². The van der Waals surface area contributed by atoms with Crippen LogP contribution in [0.2, 0.25) is 0 Å². The first kappa shape index (κ1) is 17.8. The summed E-state index contributed by atoms with van der Waals surface area (Å²) in [5, 5.41) is 0. The highest BCUT2D eigenvalue weighted by Gasteiger charge is 2.23. The van der Waals surface area contributed by atoms with Gasteiger partial charge < -0.3 is 9.47 Å². The fourth-order valence-electron chi connectivity index (χ4n) is 1.11. The lowest BCUT2D eigenvalue weighted by atomic mass is 10.3. The van der Waals surface area contributed by atoms with E-state index in [1.165, 1.54) is 0 Å². The zero-order valence-electron chi connectivity index (χ0n) is 9.92. The summed E-state index contributed by atoms with van der Waals surface area (Å²) in [6, 6.07) is -3.93. The molecular weight excluding hydrogens is 349 g/mol. The highest BCUT2D eigenvalue weighted by Crippen LogP contribution is 2.33. The van der Waals surface area contributed by atoms with Gasteiger partial charge in [0.05, 0.1) is 0 Å². The van der Waals surface area contributed by atoms with Crippen molar-refractivity contribution < 1.29 is 48.1 Å². The van der Waals surface area contributed by atoms with Crippen molar-refractivity contribution in [2.75, 3.05) is 0 Å². The molecule has 4 nitrogen and oxygen atoms in total. The van der Waals surface area contributed by atoms with Gasteiger partial charge in [0.15, 0.2) is 5.75 Å². The lowest BCUT2D eigenvalue weighted by Crippen LogP contribution is -2.01. The van der Waals surface area contributed by atoms with Crippen LogP contribution in [0, 0.1) is 0 Å². The van der Waals surface area contributed by atoms with Gasteiger partial charge in [0.25, 0.3) is 0 Å². The molecule has 0 fully saturated rings. The summed E-state index contributed by atoms with van der Waals surface area (Å²) in [5.41, 5.74) is 0. The van der Waals surface area contributed by atoms with E-state index in [1.54, 1.807) is 0 Å². The quantitative estimate of drug-likeness (QED) is 0.453. The van der Waals surface area contributed by atoms with Crippen molar-refractivity contribution in [1.82, 2.24) is 0 Å². The van der Waals surface area contributed by atoms with E-state index in [0.29, 0.717) is 12.1 Å². The van der Waals surface area contributed by atoms with E-state index in [-0.39, 0.29) is 6.07 Å². The highest BCUT2D eigenvalue weighted by molar-refractivity contribution is 7.86. The molecule has 0 aromatic heterocycles. The topological polar surface area (TPSA) is 52.6 Å². The van der Waals surface area contributed by atoms with Crippen molar-refractivity contribution in [3.63, 3.8) is 0 Å². The Labute approximate surface area is 118 Å². The molecule has 1 rings (SSSR count). The van der Waals surface area contributed by atoms with Gasteiger partial charge in [0, 0.05) is 6.07 Å². The zero-order valence-corrected chi connectivity index (χ0v) is 10.7. The number of rotatable bonds is 5. The highest BCUT2D eigenvalue weighted by atomic mass is 32.3. The first-order chi connectivity index (χ1) is 10.0. The van der Waals surface area contributed by atoms with Gasteiger partial charge in [0.1, 0.15) is 10.6 Å². The molecule has 0 saturated heterocycles. The minimum Gasteiger partial charge on any atom is -0.428 e. The van der Waals surface area contributed by atoms with E-state index in [4.69, 9.17) is 0 Å². The summed E-state index contributed by atoms with van der Waals surface area (Å²) in [5.74, 6) is -2.25. The van der Waals surface area contributed by atoms with Crippen LogP contribution in [0.1, 0.15) is 0 Å². The van der Waals surface area contributed by atoms with Gasteiger partial charge in [-0.3, -0.25) is 0 Å². The van der Waals surface area contributed by atoms with Crippen LogP contribution in [0.3, 0.4) is 0 Å². The second-order valence-electron chi connectivity index (χ2n) is 3.32. The Hall–Kier alpha value is -2.24. The third-order valence-corrected chi connectivity index (χ3v) is 2.74. The smallest absolute Gasteiger partial charge is 0.344 e. The molecule has 0 aliphatic rings. The number of benzene rings is 1. The fraction of sp³-hybridized carbons (Fsp3) is 0. The van der Waals surface area contributed by atoms with Gasteiger partial charge in [-0.05, 0) is 12.1 Å². The summed E-state index contributed by atoms with van der Waals surface area (Å²) in [4.78, 5) is -1.40. The summed E-state index contributed by atoms with van der Waals surface area (Å²) in [6.07, 6.45) is -5.89. The van der Waals surface area contributed by atoms with Crippen LogP contribution in [-0.4, -0.2) is 8.42 Å². The van der Waals surface area contributed by atoms with E-state index in [1.807, 2.05) is 0 Å². The molecule has 0 amide bonds. The maximum atomic E-state index is 12.9. The number of halogens is 7. The molecule has 0 atom stereocenters. The number of hydrogen-bond donors (Lipinski definition) is 0.